The summed E-state index contributed by atoms with van der Waals surface area (Å²) in [7, 11) is 0. The summed E-state index contributed by atoms with van der Waals surface area (Å²) in [5, 5.41) is 9.03. The van der Waals surface area contributed by atoms with Crippen LogP contribution in [0, 0.1) is 0 Å². The molecule has 1 aromatic heterocycles. The number of carboxylic acids is 1. The van der Waals surface area contributed by atoms with Gasteiger partial charge in [-0.1, -0.05) is 29.8 Å². The smallest absolute Gasteiger partial charge is 0.304 e. The lowest BCUT2D eigenvalue weighted by atomic mass is 9.98. The van der Waals surface area contributed by atoms with E-state index in [1.807, 2.05) is 24.3 Å². The van der Waals surface area contributed by atoms with Gasteiger partial charge in [0.15, 0.2) is 0 Å². The van der Waals surface area contributed by atoms with E-state index in [4.69, 9.17) is 16.7 Å². The van der Waals surface area contributed by atoms with Crippen LogP contribution >= 0.6 is 22.9 Å². The van der Waals surface area contributed by atoms with E-state index in [0.717, 1.165) is 11.3 Å². The highest BCUT2D eigenvalue weighted by atomic mass is 35.5. The number of anilines is 1. The zero-order valence-corrected chi connectivity index (χ0v) is 12.5. The number of amides is 1. The molecule has 1 aromatic carbocycles. The van der Waals surface area contributed by atoms with E-state index in [0.29, 0.717) is 15.8 Å². The largest absolute Gasteiger partial charge is 0.481 e. The minimum absolute atomic E-state index is 0.0198. The number of nitrogens with zero attached hydrogens (tertiary/aromatic N) is 1. The first-order valence-electron chi connectivity index (χ1n) is 6.44. The van der Waals surface area contributed by atoms with Gasteiger partial charge in [-0.25, -0.2) is 0 Å². The molecule has 1 unspecified atom stereocenters. The maximum atomic E-state index is 12.6. The second-order valence-corrected chi connectivity index (χ2v) is 6.59. The molecule has 1 amide bonds. The minimum atomic E-state index is -0.858. The third-order valence-corrected chi connectivity index (χ3v) is 4.74. The molecule has 2 heterocycles. The Bertz CT molecular complexity index is 712. The molecule has 0 spiro atoms. The third kappa shape index (κ3) is 2.66. The highest BCUT2D eigenvalue weighted by Gasteiger charge is 2.34. The SMILES string of the molecule is O=C(O)CC1CN(C(=O)c2ccc(Cl)s2)c2ccccc21. The number of para-hydroxylation sites is 1. The third-order valence-electron chi connectivity index (χ3n) is 3.52. The van der Waals surface area contributed by atoms with Gasteiger partial charge < -0.3 is 10.0 Å². The predicted octanol–water partition coefficient (Wildman–Crippen LogP) is 3.62. The fraction of sp³-hybridized carbons (Fsp3) is 0.200. The second-order valence-electron chi connectivity index (χ2n) is 4.87. The van der Waals surface area contributed by atoms with Crippen LogP contribution in [0.1, 0.15) is 27.6 Å². The van der Waals surface area contributed by atoms with Gasteiger partial charge >= 0.3 is 5.97 Å². The van der Waals surface area contributed by atoms with Gasteiger partial charge in [-0.2, -0.15) is 0 Å². The van der Waals surface area contributed by atoms with E-state index >= 15 is 0 Å². The van der Waals surface area contributed by atoms with Gasteiger partial charge in [0.2, 0.25) is 0 Å². The highest BCUT2D eigenvalue weighted by Crippen LogP contribution is 2.39. The average Bonchev–Trinajstić information content (AvgIpc) is 3.03. The van der Waals surface area contributed by atoms with Crippen LogP contribution in [-0.2, 0) is 4.79 Å². The Morgan fingerprint density at radius 1 is 1.29 bits per heavy atom. The molecule has 1 atom stereocenters. The summed E-state index contributed by atoms with van der Waals surface area (Å²) in [6, 6.07) is 10.8. The maximum absolute atomic E-state index is 12.6. The molecule has 3 rings (SSSR count). The van der Waals surface area contributed by atoms with E-state index in [1.165, 1.54) is 11.3 Å². The monoisotopic (exact) mass is 321 g/mol. The summed E-state index contributed by atoms with van der Waals surface area (Å²) >= 11 is 7.11. The van der Waals surface area contributed by atoms with Crippen molar-refractivity contribution in [1.82, 2.24) is 0 Å². The normalized spacial score (nSPS) is 16.8. The van der Waals surface area contributed by atoms with Crippen molar-refractivity contribution in [3.8, 4) is 0 Å². The average molecular weight is 322 g/mol. The molecule has 4 nitrogen and oxygen atoms in total. The quantitative estimate of drug-likeness (QED) is 0.939. The molecule has 1 N–H and O–H groups in total. The van der Waals surface area contributed by atoms with Crippen molar-refractivity contribution < 1.29 is 14.7 Å². The van der Waals surface area contributed by atoms with Gasteiger partial charge in [0, 0.05) is 18.2 Å². The van der Waals surface area contributed by atoms with Crippen LogP contribution in [0.5, 0.6) is 0 Å². The Kier molecular flexibility index (Phi) is 3.69. The van der Waals surface area contributed by atoms with Crippen LogP contribution in [0.25, 0.3) is 0 Å². The highest BCUT2D eigenvalue weighted by molar-refractivity contribution is 7.18. The first-order chi connectivity index (χ1) is 10.1. The molecule has 0 radical (unpaired) electrons. The Hall–Kier alpha value is -1.85. The van der Waals surface area contributed by atoms with Crippen LogP contribution < -0.4 is 4.90 Å². The van der Waals surface area contributed by atoms with E-state index in [9.17, 15) is 9.59 Å². The molecule has 0 bridgehead atoms. The molecular formula is C15H12ClNO3S. The van der Waals surface area contributed by atoms with Gasteiger partial charge in [-0.3, -0.25) is 9.59 Å². The number of aliphatic carboxylic acids is 1. The molecule has 0 fully saturated rings. The van der Waals surface area contributed by atoms with Gasteiger partial charge in [0.1, 0.15) is 0 Å². The van der Waals surface area contributed by atoms with Crippen molar-refractivity contribution in [2.24, 2.45) is 0 Å². The fourth-order valence-corrected chi connectivity index (χ4v) is 3.63. The van der Waals surface area contributed by atoms with Gasteiger partial charge in [0.25, 0.3) is 5.91 Å². The standard InChI is InChI=1S/C15H12ClNO3S/c16-13-6-5-12(21-13)15(20)17-8-9(7-14(18)19)10-3-1-2-4-11(10)17/h1-6,9H,7-8H2,(H,18,19). The lowest BCUT2D eigenvalue weighted by Gasteiger charge is -2.16. The van der Waals surface area contributed by atoms with E-state index in [1.54, 1.807) is 17.0 Å². The molecule has 0 saturated heterocycles. The minimum Gasteiger partial charge on any atom is -0.481 e. The van der Waals surface area contributed by atoms with Gasteiger partial charge in [-0.15, -0.1) is 11.3 Å². The molecule has 2 aromatic rings. The van der Waals surface area contributed by atoms with Crippen molar-refractivity contribution in [2.75, 3.05) is 11.4 Å². The van der Waals surface area contributed by atoms with Crippen LogP contribution in [-0.4, -0.2) is 23.5 Å². The Labute approximate surface area is 130 Å². The lowest BCUT2D eigenvalue weighted by molar-refractivity contribution is -0.137. The number of carbonyl (C=O) groups excluding carboxylic acids is 1. The molecule has 0 aliphatic carbocycles. The Balaban J connectivity index is 1.94. The molecule has 1 aliphatic heterocycles. The summed E-state index contributed by atoms with van der Waals surface area (Å²) in [5.74, 6) is -1.16. The van der Waals surface area contributed by atoms with E-state index in [2.05, 4.69) is 0 Å². The summed E-state index contributed by atoms with van der Waals surface area (Å²) < 4.78 is 0.563. The number of fused-ring (bicyclic) bond motifs is 1. The Morgan fingerprint density at radius 2 is 2.05 bits per heavy atom. The number of thiophene rings is 1. The summed E-state index contributed by atoms with van der Waals surface area (Å²) in [4.78, 5) is 25.8. The van der Waals surface area contributed by atoms with E-state index < -0.39 is 5.97 Å². The zero-order chi connectivity index (χ0) is 15.0. The van der Waals surface area contributed by atoms with Crippen LogP contribution in [0.3, 0.4) is 0 Å². The van der Waals surface area contributed by atoms with Crippen molar-refractivity contribution in [1.29, 1.82) is 0 Å². The number of hydrogen-bond acceptors (Lipinski definition) is 3. The van der Waals surface area contributed by atoms with Crippen molar-refractivity contribution >= 4 is 40.5 Å². The second kappa shape index (κ2) is 5.50. The van der Waals surface area contributed by atoms with Crippen molar-refractivity contribution in [2.45, 2.75) is 12.3 Å². The molecular weight excluding hydrogens is 310 g/mol. The topological polar surface area (TPSA) is 57.6 Å². The molecule has 108 valence electrons. The van der Waals surface area contributed by atoms with Crippen molar-refractivity contribution in [3.05, 3.63) is 51.2 Å². The van der Waals surface area contributed by atoms with Crippen LogP contribution in [0.2, 0.25) is 4.34 Å². The Morgan fingerprint density at radius 3 is 2.71 bits per heavy atom. The summed E-state index contributed by atoms with van der Waals surface area (Å²) in [5.41, 5.74) is 1.70. The predicted molar refractivity (Wildman–Crippen MR) is 82.4 cm³/mol. The number of carbonyl (C=O) groups is 2. The van der Waals surface area contributed by atoms with Gasteiger partial charge in [0.05, 0.1) is 15.6 Å². The van der Waals surface area contributed by atoms with Gasteiger partial charge in [-0.05, 0) is 23.8 Å². The fourth-order valence-electron chi connectivity index (χ4n) is 2.64. The molecule has 1 aliphatic rings. The number of rotatable bonds is 3. The molecule has 6 heteroatoms. The first kappa shape index (κ1) is 14.1. The maximum Gasteiger partial charge on any atom is 0.304 e. The molecule has 0 saturated carbocycles. The lowest BCUT2D eigenvalue weighted by Crippen LogP contribution is -2.29. The zero-order valence-electron chi connectivity index (χ0n) is 11.0. The number of benzene rings is 1. The first-order valence-corrected chi connectivity index (χ1v) is 7.63. The van der Waals surface area contributed by atoms with Crippen LogP contribution in [0.15, 0.2) is 36.4 Å². The van der Waals surface area contributed by atoms with E-state index in [-0.39, 0.29) is 18.2 Å². The molecule has 21 heavy (non-hydrogen) atoms. The number of halogens is 1. The number of hydrogen-bond donors (Lipinski definition) is 1. The van der Waals surface area contributed by atoms with Crippen molar-refractivity contribution in [3.63, 3.8) is 0 Å². The summed E-state index contributed by atoms with van der Waals surface area (Å²) in [6.07, 6.45) is 0.0198. The van der Waals surface area contributed by atoms with Crippen LogP contribution in [0.4, 0.5) is 5.69 Å². The summed E-state index contributed by atoms with van der Waals surface area (Å²) in [6.45, 7) is 0.389. The number of carboxylic acid groups (broad SMARTS) is 1.